The maximum atomic E-state index is 5.93. The van der Waals surface area contributed by atoms with E-state index in [2.05, 4.69) is 20.4 Å². The molecule has 0 spiro atoms. The van der Waals surface area contributed by atoms with E-state index in [-0.39, 0.29) is 0 Å². The first-order chi connectivity index (χ1) is 8.70. The normalized spacial score (nSPS) is 11.0. The maximum absolute atomic E-state index is 5.93. The molecule has 5 nitrogen and oxygen atoms in total. The summed E-state index contributed by atoms with van der Waals surface area (Å²) < 4.78 is 5.94. The van der Waals surface area contributed by atoms with Gasteiger partial charge in [0.1, 0.15) is 0 Å². The van der Waals surface area contributed by atoms with E-state index in [4.69, 9.17) is 16.1 Å². The van der Waals surface area contributed by atoms with Gasteiger partial charge in [-0.1, -0.05) is 28.1 Å². The monoisotopic (exact) mass is 280 g/mol. The molecule has 0 saturated carbocycles. The van der Waals surface area contributed by atoms with Gasteiger partial charge in [-0.3, -0.25) is 0 Å². The molecule has 0 aliphatic carbocycles. The van der Waals surface area contributed by atoms with Crippen molar-refractivity contribution in [2.45, 2.75) is 13.5 Å². The van der Waals surface area contributed by atoms with Crippen LogP contribution in [0.25, 0.3) is 10.2 Å². The Hall–Kier alpha value is -1.66. The summed E-state index contributed by atoms with van der Waals surface area (Å²) >= 11 is 7.47. The van der Waals surface area contributed by atoms with Crippen LogP contribution in [-0.2, 0) is 6.54 Å². The van der Waals surface area contributed by atoms with Gasteiger partial charge in [0.25, 0.3) is 0 Å². The van der Waals surface area contributed by atoms with Crippen molar-refractivity contribution in [3.8, 4) is 0 Å². The van der Waals surface area contributed by atoms with E-state index in [0.29, 0.717) is 23.3 Å². The van der Waals surface area contributed by atoms with Gasteiger partial charge in [-0.15, -0.1) is 0 Å². The van der Waals surface area contributed by atoms with Gasteiger partial charge in [0.15, 0.2) is 11.0 Å². The zero-order chi connectivity index (χ0) is 12.5. The van der Waals surface area contributed by atoms with E-state index in [0.717, 1.165) is 15.3 Å². The van der Waals surface area contributed by atoms with Gasteiger partial charge < -0.3 is 9.84 Å². The molecule has 18 heavy (non-hydrogen) atoms. The SMILES string of the molecule is Cc1nc(CNc2nc3ccc(Cl)cc3s2)no1. The fourth-order valence-electron chi connectivity index (χ4n) is 1.54. The van der Waals surface area contributed by atoms with E-state index < -0.39 is 0 Å². The fourth-order valence-corrected chi connectivity index (χ4v) is 2.68. The van der Waals surface area contributed by atoms with E-state index in [1.54, 1.807) is 18.3 Å². The minimum absolute atomic E-state index is 0.491. The molecular formula is C11H9ClN4OS. The molecule has 0 bridgehead atoms. The van der Waals surface area contributed by atoms with Gasteiger partial charge in [-0.25, -0.2) is 4.98 Å². The van der Waals surface area contributed by atoms with Crippen LogP contribution in [-0.4, -0.2) is 15.1 Å². The summed E-state index contributed by atoms with van der Waals surface area (Å²) in [4.78, 5) is 8.55. The first-order valence-electron chi connectivity index (χ1n) is 5.30. The first-order valence-corrected chi connectivity index (χ1v) is 6.49. The Morgan fingerprint density at radius 2 is 2.28 bits per heavy atom. The topological polar surface area (TPSA) is 63.8 Å². The molecule has 0 atom stereocenters. The number of benzene rings is 1. The zero-order valence-electron chi connectivity index (χ0n) is 9.48. The minimum Gasteiger partial charge on any atom is -0.354 e. The van der Waals surface area contributed by atoms with Crippen LogP contribution >= 0.6 is 22.9 Å². The molecular weight excluding hydrogens is 272 g/mol. The first kappa shape index (κ1) is 11.4. The number of rotatable bonds is 3. The third-order valence-corrected chi connectivity index (χ3v) is 3.53. The molecule has 0 aliphatic rings. The molecule has 2 heterocycles. The number of aromatic nitrogens is 3. The molecule has 92 valence electrons. The van der Waals surface area contributed by atoms with Crippen LogP contribution < -0.4 is 5.32 Å². The number of halogens is 1. The summed E-state index contributed by atoms with van der Waals surface area (Å²) in [5.74, 6) is 1.17. The summed E-state index contributed by atoms with van der Waals surface area (Å²) in [7, 11) is 0. The Labute approximate surface area is 112 Å². The van der Waals surface area contributed by atoms with Crippen molar-refractivity contribution >= 4 is 38.3 Å². The van der Waals surface area contributed by atoms with Crippen LogP contribution in [0.15, 0.2) is 22.7 Å². The van der Waals surface area contributed by atoms with E-state index in [1.807, 2.05) is 18.2 Å². The fraction of sp³-hybridized carbons (Fsp3) is 0.182. The average molecular weight is 281 g/mol. The van der Waals surface area contributed by atoms with Crippen LogP contribution in [0.1, 0.15) is 11.7 Å². The van der Waals surface area contributed by atoms with Crippen molar-refractivity contribution < 1.29 is 4.52 Å². The van der Waals surface area contributed by atoms with E-state index >= 15 is 0 Å². The van der Waals surface area contributed by atoms with Gasteiger partial charge in [0, 0.05) is 11.9 Å². The van der Waals surface area contributed by atoms with E-state index in [1.165, 1.54) is 0 Å². The lowest BCUT2D eigenvalue weighted by Gasteiger charge is -1.95. The second-order valence-electron chi connectivity index (χ2n) is 3.71. The van der Waals surface area contributed by atoms with E-state index in [9.17, 15) is 0 Å². The predicted octanol–water partition coefficient (Wildman–Crippen LogP) is 3.25. The molecule has 0 fully saturated rings. The Morgan fingerprint density at radius 3 is 3.06 bits per heavy atom. The molecule has 0 unspecified atom stereocenters. The third kappa shape index (κ3) is 2.30. The summed E-state index contributed by atoms with van der Waals surface area (Å²) in [5, 5.41) is 8.50. The number of nitrogens with zero attached hydrogens (tertiary/aromatic N) is 3. The van der Waals surface area contributed by atoms with Gasteiger partial charge >= 0.3 is 0 Å². The van der Waals surface area contributed by atoms with Gasteiger partial charge in [-0.2, -0.15) is 4.98 Å². The smallest absolute Gasteiger partial charge is 0.223 e. The van der Waals surface area contributed by atoms with Crippen molar-refractivity contribution in [2.75, 3.05) is 5.32 Å². The van der Waals surface area contributed by atoms with Crippen LogP contribution in [0.4, 0.5) is 5.13 Å². The van der Waals surface area contributed by atoms with Crippen molar-refractivity contribution in [3.63, 3.8) is 0 Å². The maximum Gasteiger partial charge on any atom is 0.223 e. The van der Waals surface area contributed by atoms with Crippen molar-refractivity contribution in [1.82, 2.24) is 15.1 Å². The van der Waals surface area contributed by atoms with Gasteiger partial charge in [-0.05, 0) is 18.2 Å². The van der Waals surface area contributed by atoms with Crippen LogP contribution in [0.2, 0.25) is 5.02 Å². The lowest BCUT2D eigenvalue weighted by Crippen LogP contribution is -2.00. The highest BCUT2D eigenvalue weighted by atomic mass is 35.5. The molecule has 0 saturated heterocycles. The number of fused-ring (bicyclic) bond motifs is 1. The largest absolute Gasteiger partial charge is 0.354 e. The Bertz CT molecular complexity index is 693. The van der Waals surface area contributed by atoms with Crippen molar-refractivity contribution in [2.24, 2.45) is 0 Å². The number of aryl methyl sites for hydroxylation is 1. The highest BCUT2D eigenvalue weighted by Crippen LogP contribution is 2.28. The quantitative estimate of drug-likeness (QED) is 0.798. The molecule has 1 N–H and O–H groups in total. The molecule has 3 rings (SSSR count). The summed E-state index contributed by atoms with van der Waals surface area (Å²) in [5.41, 5.74) is 0.927. The molecule has 2 aromatic heterocycles. The third-order valence-electron chi connectivity index (χ3n) is 2.32. The molecule has 0 aliphatic heterocycles. The van der Waals surface area contributed by atoms with Gasteiger partial charge in [0.2, 0.25) is 5.89 Å². The summed E-state index contributed by atoms with van der Waals surface area (Å²) in [6, 6.07) is 5.63. The van der Waals surface area contributed by atoms with Crippen molar-refractivity contribution in [3.05, 3.63) is 34.9 Å². The molecule has 0 amide bonds. The van der Waals surface area contributed by atoms with Crippen LogP contribution in [0, 0.1) is 6.92 Å². The Morgan fingerprint density at radius 1 is 1.39 bits per heavy atom. The lowest BCUT2D eigenvalue weighted by atomic mass is 10.3. The van der Waals surface area contributed by atoms with Crippen LogP contribution in [0.3, 0.4) is 0 Å². The zero-order valence-corrected chi connectivity index (χ0v) is 11.0. The van der Waals surface area contributed by atoms with Gasteiger partial charge in [0.05, 0.1) is 16.8 Å². The van der Waals surface area contributed by atoms with Crippen molar-refractivity contribution in [1.29, 1.82) is 0 Å². The second-order valence-corrected chi connectivity index (χ2v) is 5.18. The molecule has 3 aromatic rings. The highest BCUT2D eigenvalue weighted by molar-refractivity contribution is 7.22. The standard InChI is InChI=1S/C11H9ClN4OS/c1-6-14-10(16-17-6)5-13-11-15-8-3-2-7(12)4-9(8)18-11/h2-4H,5H2,1H3,(H,13,15). The number of hydrogen-bond donors (Lipinski definition) is 1. The molecule has 0 radical (unpaired) electrons. The Balaban J connectivity index is 1.78. The number of anilines is 1. The lowest BCUT2D eigenvalue weighted by molar-refractivity contribution is 0.388. The highest BCUT2D eigenvalue weighted by Gasteiger charge is 2.06. The van der Waals surface area contributed by atoms with Crippen LogP contribution in [0.5, 0.6) is 0 Å². The second kappa shape index (κ2) is 4.55. The number of hydrogen-bond acceptors (Lipinski definition) is 6. The Kier molecular flexibility index (Phi) is 2.89. The number of nitrogens with one attached hydrogen (secondary N) is 1. The summed E-state index contributed by atoms with van der Waals surface area (Å²) in [6.45, 7) is 2.25. The summed E-state index contributed by atoms with van der Waals surface area (Å²) in [6.07, 6.45) is 0. The number of thiazole rings is 1. The molecule has 1 aromatic carbocycles. The minimum atomic E-state index is 0.491. The predicted molar refractivity (Wildman–Crippen MR) is 71.0 cm³/mol. The average Bonchev–Trinajstić information content (AvgIpc) is 2.92. The molecule has 7 heteroatoms.